The van der Waals surface area contributed by atoms with Crippen LogP contribution in [-0.2, 0) is 17.8 Å². The van der Waals surface area contributed by atoms with Crippen LogP contribution < -0.4 is 9.54 Å². The zero-order chi connectivity index (χ0) is 18.5. The van der Waals surface area contributed by atoms with Crippen LogP contribution in [0.3, 0.4) is 0 Å². The maximum atomic E-state index is 12.3. The first-order chi connectivity index (χ1) is 12.6. The normalized spacial score (nSPS) is 11.5. The topological polar surface area (TPSA) is 43.6 Å². The van der Waals surface area contributed by atoms with Gasteiger partial charge in [0.2, 0.25) is 0 Å². The molecule has 3 aromatic rings. The van der Waals surface area contributed by atoms with E-state index in [1.165, 1.54) is 16.9 Å². The van der Waals surface area contributed by atoms with Gasteiger partial charge in [-0.1, -0.05) is 47.9 Å². The molecule has 0 radical (unpaired) electrons. The smallest absolute Gasteiger partial charge is 0.286 e. The lowest BCUT2D eigenvalue weighted by molar-refractivity contribution is -0.120. The van der Waals surface area contributed by atoms with Crippen molar-refractivity contribution in [1.29, 1.82) is 0 Å². The lowest BCUT2D eigenvalue weighted by Crippen LogP contribution is -2.19. The fraction of sp³-hybridized carbons (Fsp3) is 0.238. The Kier molecular flexibility index (Phi) is 5.55. The molecule has 1 heterocycles. The van der Waals surface area contributed by atoms with Crippen molar-refractivity contribution in [3.63, 3.8) is 0 Å². The van der Waals surface area contributed by atoms with Gasteiger partial charge in [-0.2, -0.15) is 4.99 Å². The van der Waals surface area contributed by atoms with Crippen molar-refractivity contribution in [2.75, 3.05) is 6.61 Å². The number of aromatic nitrogens is 1. The SMILES string of the molecule is C#CCn1c(=NC(=O)COc2ccc(C)cc2)sc2cc(CC)ccc21. The number of rotatable bonds is 5. The Morgan fingerprint density at radius 3 is 2.73 bits per heavy atom. The third-order valence-corrected chi connectivity index (χ3v) is 5.05. The van der Waals surface area contributed by atoms with E-state index >= 15 is 0 Å². The molecule has 132 valence electrons. The first-order valence-electron chi connectivity index (χ1n) is 8.43. The predicted molar refractivity (Wildman–Crippen MR) is 105 cm³/mol. The number of benzene rings is 2. The molecule has 1 aromatic heterocycles. The number of nitrogens with zero attached hydrogens (tertiary/aromatic N) is 2. The Morgan fingerprint density at radius 2 is 2.04 bits per heavy atom. The van der Waals surface area contributed by atoms with E-state index in [1.807, 2.05) is 41.8 Å². The number of hydrogen-bond donors (Lipinski definition) is 0. The van der Waals surface area contributed by atoms with Gasteiger partial charge < -0.3 is 9.30 Å². The largest absolute Gasteiger partial charge is 0.484 e. The molecule has 2 aromatic carbocycles. The molecule has 0 aliphatic heterocycles. The number of thiazole rings is 1. The Balaban J connectivity index is 1.87. The van der Waals surface area contributed by atoms with E-state index in [4.69, 9.17) is 11.2 Å². The average molecular weight is 364 g/mol. The van der Waals surface area contributed by atoms with Crippen LogP contribution in [0.15, 0.2) is 47.5 Å². The van der Waals surface area contributed by atoms with Gasteiger partial charge in [0.25, 0.3) is 5.91 Å². The molecular weight excluding hydrogens is 344 g/mol. The summed E-state index contributed by atoms with van der Waals surface area (Å²) in [5.41, 5.74) is 3.38. The molecule has 0 atom stereocenters. The van der Waals surface area contributed by atoms with E-state index < -0.39 is 0 Å². The quantitative estimate of drug-likeness (QED) is 0.648. The van der Waals surface area contributed by atoms with Crippen molar-refractivity contribution in [3.05, 3.63) is 58.4 Å². The minimum Gasteiger partial charge on any atom is -0.484 e. The van der Waals surface area contributed by atoms with E-state index in [2.05, 4.69) is 30.0 Å². The van der Waals surface area contributed by atoms with Crippen LogP contribution in [0.25, 0.3) is 10.2 Å². The van der Waals surface area contributed by atoms with Crippen LogP contribution in [0.1, 0.15) is 18.1 Å². The van der Waals surface area contributed by atoms with Gasteiger partial charge in [-0.15, -0.1) is 6.42 Å². The Bertz CT molecular complexity index is 1040. The van der Waals surface area contributed by atoms with Crippen LogP contribution in [0, 0.1) is 19.3 Å². The Morgan fingerprint density at radius 1 is 1.27 bits per heavy atom. The summed E-state index contributed by atoms with van der Waals surface area (Å²) < 4.78 is 8.48. The molecule has 5 heteroatoms. The highest BCUT2D eigenvalue weighted by atomic mass is 32.1. The van der Waals surface area contributed by atoms with Crippen molar-refractivity contribution in [2.24, 2.45) is 4.99 Å². The lowest BCUT2D eigenvalue weighted by Gasteiger charge is -2.03. The molecule has 0 N–H and O–H groups in total. The molecule has 0 saturated heterocycles. The molecule has 0 aliphatic carbocycles. The van der Waals surface area contributed by atoms with Crippen molar-refractivity contribution >= 4 is 27.5 Å². The first kappa shape index (κ1) is 18.0. The fourth-order valence-corrected chi connectivity index (χ4v) is 3.70. The molecule has 0 unspecified atom stereocenters. The van der Waals surface area contributed by atoms with E-state index in [9.17, 15) is 4.79 Å². The van der Waals surface area contributed by atoms with Crippen LogP contribution >= 0.6 is 11.3 Å². The summed E-state index contributed by atoms with van der Waals surface area (Å²) in [6, 6.07) is 13.8. The molecule has 0 fully saturated rings. The van der Waals surface area contributed by atoms with Gasteiger partial charge in [-0.25, -0.2) is 0 Å². The summed E-state index contributed by atoms with van der Waals surface area (Å²) in [5, 5.41) is 0. The maximum absolute atomic E-state index is 12.3. The second kappa shape index (κ2) is 8.03. The maximum Gasteiger partial charge on any atom is 0.286 e. The molecule has 1 amide bonds. The van der Waals surface area contributed by atoms with Gasteiger partial charge >= 0.3 is 0 Å². The van der Waals surface area contributed by atoms with Crippen LogP contribution in [0.2, 0.25) is 0 Å². The highest BCUT2D eigenvalue weighted by Crippen LogP contribution is 2.19. The number of amides is 1. The minimum absolute atomic E-state index is 0.104. The summed E-state index contributed by atoms with van der Waals surface area (Å²) in [4.78, 5) is 17.1. The van der Waals surface area contributed by atoms with E-state index in [0.717, 1.165) is 22.2 Å². The second-order valence-corrected chi connectivity index (χ2v) is 6.95. The average Bonchev–Trinajstić information content (AvgIpc) is 2.98. The monoisotopic (exact) mass is 364 g/mol. The summed E-state index contributed by atoms with van der Waals surface area (Å²) >= 11 is 1.47. The van der Waals surface area contributed by atoms with E-state index in [0.29, 0.717) is 17.1 Å². The Hall–Kier alpha value is -2.84. The molecule has 26 heavy (non-hydrogen) atoms. The second-order valence-electron chi connectivity index (χ2n) is 5.94. The third-order valence-electron chi connectivity index (χ3n) is 4.01. The van der Waals surface area contributed by atoms with Crippen molar-refractivity contribution in [2.45, 2.75) is 26.8 Å². The number of terminal acetylenes is 1. The zero-order valence-electron chi connectivity index (χ0n) is 14.9. The summed E-state index contributed by atoms with van der Waals surface area (Å²) in [7, 11) is 0. The molecule has 0 saturated carbocycles. The van der Waals surface area contributed by atoms with Gasteiger partial charge in [0.15, 0.2) is 11.4 Å². The van der Waals surface area contributed by atoms with Gasteiger partial charge in [0.05, 0.1) is 16.8 Å². The van der Waals surface area contributed by atoms with Gasteiger partial charge in [-0.3, -0.25) is 4.79 Å². The van der Waals surface area contributed by atoms with E-state index in [-0.39, 0.29) is 12.5 Å². The standard InChI is InChI=1S/C21H20N2O2S/c1-4-12-23-18-11-8-16(5-2)13-19(18)26-21(23)22-20(24)14-25-17-9-6-15(3)7-10-17/h1,6-11,13H,5,12,14H2,2-3H3. The number of hydrogen-bond acceptors (Lipinski definition) is 3. The summed E-state index contributed by atoms with van der Waals surface area (Å²) in [6.45, 7) is 4.38. The molecule has 3 rings (SSSR count). The van der Waals surface area contributed by atoms with Crippen LogP contribution in [0.4, 0.5) is 0 Å². The van der Waals surface area contributed by atoms with Crippen molar-refractivity contribution < 1.29 is 9.53 Å². The number of aryl methyl sites for hydroxylation is 2. The number of ether oxygens (including phenoxy) is 1. The number of carbonyl (C=O) groups is 1. The minimum atomic E-state index is -0.335. The van der Waals surface area contributed by atoms with Crippen molar-refractivity contribution in [1.82, 2.24) is 4.57 Å². The molecule has 4 nitrogen and oxygen atoms in total. The molecule has 0 bridgehead atoms. The highest BCUT2D eigenvalue weighted by molar-refractivity contribution is 7.16. The summed E-state index contributed by atoms with van der Waals surface area (Å²) in [6.07, 6.45) is 6.45. The zero-order valence-corrected chi connectivity index (χ0v) is 15.7. The number of fused-ring (bicyclic) bond motifs is 1. The van der Waals surface area contributed by atoms with Crippen LogP contribution in [-0.4, -0.2) is 17.1 Å². The van der Waals surface area contributed by atoms with Gasteiger partial charge in [0, 0.05) is 0 Å². The lowest BCUT2D eigenvalue weighted by atomic mass is 10.2. The van der Waals surface area contributed by atoms with Crippen molar-refractivity contribution in [3.8, 4) is 18.1 Å². The predicted octanol–water partition coefficient (Wildman–Crippen LogP) is 3.71. The summed E-state index contributed by atoms with van der Waals surface area (Å²) in [5.74, 6) is 2.95. The molecule has 0 spiro atoms. The van der Waals surface area contributed by atoms with Gasteiger partial charge in [0.1, 0.15) is 5.75 Å². The first-order valence-corrected chi connectivity index (χ1v) is 9.25. The number of carbonyl (C=O) groups excluding carboxylic acids is 1. The molecular formula is C21H20N2O2S. The molecule has 0 aliphatic rings. The van der Waals surface area contributed by atoms with Crippen LogP contribution in [0.5, 0.6) is 5.75 Å². The van der Waals surface area contributed by atoms with Gasteiger partial charge in [-0.05, 0) is 43.2 Å². The third kappa shape index (κ3) is 4.04. The highest BCUT2D eigenvalue weighted by Gasteiger charge is 2.08. The Labute approximate surface area is 156 Å². The fourth-order valence-electron chi connectivity index (χ4n) is 2.59. The van der Waals surface area contributed by atoms with E-state index in [1.54, 1.807) is 0 Å².